The molecule has 0 N–H and O–H groups in total. The van der Waals surface area contributed by atoms with Gasteiger partial charge < -0.3 is 0 Å². The van der Waals surface area contributed by atoms with Crippen LogP contribution in [0, 0.1) is 5.92 Å². The van der Waals surface area contributed by atoms with E-state index in [0.29, 0.717) is 12.0 Å². The van der Waals surface area contributed by atoms with E-state index in [9.17, 15) is 0 Å². The van der Waals surface area contributed by atoms with Crippen molar-refractivity contribution in [2.24, 2.45) is 5.92 Å². The fourth-order valence-electron chi connectivity index (χ4n) is 3.88. The molecule has 2 saturated heterocycles. The molecule has 1 aromatic heterocycles. The number of hydrogen-bond acceptors (Lipinski definition) is 3. The van der Waals surface area contributed by atoms with Gasteiger partial charge in [-0.3, -0.25) is 9.80 Å². The Morgan fingerprint density at radius 2 is 2.05 bits per heavy atom. The van der Waals surface area contributed by atoms with Gasteiger partial charge in [-0.05, 0) is 49.7 Å². The molecule has 0 amide bonds. The van der Waals surface area contributed by atoms with Crippen LogP contribution in [0.15, 0.2) is 17.5 Å². The number of thiophene rings is 1. The predicted octanol–water partition coefficient (Wildman–Crippen LogP) is 3.62. The zero-order chi connectivity index (χ0) is 13.2. The summed E-state index contributed by atoms with van der Waals surface area (Å²) in [6, 6.07) is 5.98. The van der Waals surface area contributed by atoms with Crippen LogP contribution in [0.25, 0.3) is 0 Å². The van der Waals surface area contributed by atoms with E-state index in [4.69, 9.17) is 0 Å². The van der Waals surface area contributed by atoms with Crippen LogP contribution in [0.3, 0.4) is 0 Å². The summed E-state index contributed by atoms with van der Waals surface area (Å²) in [5.41, 5.74) is 0. The first kappa shape index (κ1) is 13.6. The molecule has 2 nitrogen and oxygen atoms in total. The molecule has 0 aliphatic carbocycles. The second-order valence-corrected chi connectivity index (χ2v) is 7.36. The maximum Gasteiger partial charge on any atom is 0.0465 e. The summed E-state index contributed by atoms with van der Waals surface area (Å²) >= 11 is 1.93. The molecule has 2 aliphatic heterocycles. The van der Waals surface area contributed by atoms with Gasteiger partial charge in [-0.2, -0.15) is 0 Å². The van der Waals surface area contributed by atoms with Gasteiger partial charge in [0.25, 0.3) is 0 Å². The van der Waals surface area contributed by atoms with Crippen molar-refractivity contribution in [3.05, 3.63) is 22.4 Å². The predicted molar refractivity (Wildman–Crippen MR) is 82.7 cm³/mol. The van der Waals surface area contributed by atoms with Gasteiger partial charge in [-0.25, -0.2) is 0 Å². The molecule has 3 rings (SSSR count). The maximum atomic E-state index is 2.77. The third-order valence-electron chi connectivity index (χ3n) is 4.69. The summed E-state index contributed by atoms with van der Waals surface area (Å²) in [6.45, 7) is 9.96. The molecule has 2 unspecified atom stereocenters. The SMILES string of the molecule is CC(C)C(c1cccs1)N1CCCN2CCCC2C1. The molecule has 0 spiro atoms. The molecule has 0 bridgehead atoms. The van der Waals surface area contributed by atoms with Crippen LogP contribution in [0.4, 0.5) is 0 Å². The van der Waals surface area contributed by atoms with E-state index in [0.717, 1.165) is 6.04 Å². The van der Waals surface area contributed by atoms with Crippen LogP contribution in [-0.2, 0) is 0 Å². The fourth-order valence-corrected chi connectivity index (χ4v) is 4.91. The lowest BCUT2D eigenvalue weighted by Crippen LogP contribution is -2.39. The molecule has 2 aliphatic rings. The molecule has 0 radical (unpaired) electrons. The van der Waals surface area contributed by atoms with Crippen molar-refractivity contribution in [2.45, 2.75) is 45.2 Å². The van der Waals surface area contributed by atoms with Crippen LogP contribution in [-0.4, -0.2) is 42.0 Å². The molecule has 1 aromatic rings. The highest BCUT2D eigenvalue weighted by Crippen LogP contribution is 2.34. The van der Waals surface area contributed by atoms with E-state index in [-0.39, 0.29) is 0 Å². The minimum Gasteiger partial charge on any atom is -0.299 e. The highest BCUT2D eigenvalue weighted by Gasteiger charge is 2.33. The Hall–Kier alpha value is -0.380. The summed E-state index contributed by atoms with van der Waals surface area (Å²) in [5, 5.41) is 2.23. The molecule has 3 heterocycles. The van der Waals surface area contributed by atoms with Gasteiger partial charge in [0.05, 0.1) is 0 Å². The quantitative estimate of drug-likeness (QED) is 0.833. The topological polar surface area (TPSA) is 6.48 Å². The number of rotatable bonds is 3. The fraction of sp³-hybridized carbons (Fsp3) is 0.750. The molecular formula is C16H26N2S. The maximum absolute atomic E-state index is 2.77. The van der Waals surface area contributed by atoms with E-state index in [1.54, 1.807) is 4.88 Å². The third kappa shape index (κ3) is 2.88. The number of hydrogen-bond donors (Lipinski definition) is 0. The molecule has 2 atom stereocenters. The van der Waals surface area contributed by atoms with Crippen molar-refractivity contribution in [3.63, 3.8) is 0 Å². The van der Waals surface area contributed by atoms with Crippen molar-refractivity contribution in [1.29, 1.82) is 0 Å². The summed E-state index contributed by atoms with van der Waals surface area (Å²) in [5.74, 6) is 0.701. The van der Waals surface area contributed by atoms with Crippen LogP contribution in [0.2, 0.25) is 0 Å². The minimum absolute atomic E-state index is 0.626. The van der Waals surface area contributed by atoms with Crippen LogP contribution in [0.1, 0.15) is 44.0 Å². The van der Waals surface area contributed by atoms with E-state index >= 15 is 0 Å². The first-order chi connectivity index (χ1) is 9.25. The highest BCUT2D eigenvalue weighted by molar-refractivity contribution is 7.10. The van der Waals surface area contributed by atoms with Crippen LogP contribution in [0.5, 0.6) is 0 Å². The number of fused-ring (bicyclic) bond motifs is 1. The van der Waals surface area contributed by atoms with Crippen LogP contribution < -0.4 is 0 Å². The standard InChI is InChI=1S/C16H26N2S/c1-13(2)16(15-7-4-11-19-15)18-10-5-9-17-8-3-6-14(17)12-18/h4,7,11,13-14,16H,3,5-6,8-10,12H2,1-2H3. The van der Waals surface area contributed by atoms with Gasteiger partial charge >= 0.3 is 0 Å². The Balaban J connectivity index is 1.78. The van der Waals surface area contributed by atoms with E-state index < -0.39 is 0 Å². The van der Waals surface area contributed by atoms with Gasteiger partial charge in [0.15, 0.2) is 0 Å². The molecule has 0 aromatic carbocycles. The monoisotopic (exact) mass is 278 g/mol. The smallest absolute Gasteiger partial charge is 0.0465 e. The molecule has 106 valence electrons. The van der Waals surface area contributed by atoms with Gasteiger partial charge in [-0.1, -0.05) is 19.9 Å². The van der Waals surface area contributed by atoms with E-state index in [1.807, 2.05) is 11.3 Å². The highest BCUT2D eigenvalue weighted by atomic mass is 32.1. The Morgan fingerprint density at radius 1 is 1.21 bits per heavy atom. The molecule has 3 heteroatoms. The largest absolute Gasteiger partial charge is 0.299 e. The lowest BCUT2D eigenvalue weighted by atomic mass is 9.99. The third-order valence-corrected chi connectivity index (χ3v) is 5.64. The summed E-state index contributed by atoms with van der Waals surface area (Å²) < 4.78 is 0. The molecule has 2 fully saturated rings. The van der Waals surface area contributed by atoms with Crippen molar-refractivity contribution < 1.29 is 0 Å². The second-order valence-electron chi connectivity index (χ2n) is 6.38. The first-order valence-electron chi connectivity index (χ1n) is 7.77. The Morgan fingerprint density at radius 3 is 2.79 bits per heavy atom. The normalized spacial score (nSPS) is 27.4. The van der Waals surface area contributed by atoms with Crippen molar-refractivity contribution in [3.8, 4) is 0 Å². The van der Waals surface area contributed by atoms with Gasteiger partial charge in [0.1, 0.15) is 0 Å². The Labute approximate surface area is 121 Å². The van der Waals surface area contributed by atoms with Crippen molar-refractivity contribution in [1.82, 2.24) is 9.80 Å². The summed E-state index contributed by atoms with van der Waals surface area (Å²) in [4.78, 5) is 7.06. The van der Waals surface area contributed by atoms with E-state index in [1.165, 1.54) is 45.4 Å². The molecular weight excluding hydrogens is 252 g/mol. The minimum atomic E-state index is 0.626. The van der Waals surface area contributed by atoms with Gasteiger partial charge in [0.2, 0.25) is 0 Å². The molecule has 0 saturated carbocycles. The van der Waals surface area contributed by atoms with Crippen molar-refractivity contribution >= 4 is 11.3 Å². The number of nitrogens with zero attached hydrogens (tertiary/aromatic N) is 2. The van der Waals surface area contributed by atoms with Crippen LogP contribution >= 0.6 is 11.3 Å². The Kier molecular flexibility index (Phi) is 4.25. The second kappa shape index (κ2) is 5.94. The zero-order valence-corrected chi connectivity index (χ0v) is 13.0. The van der Waals surface area contributed by atoms with Crippen molar-refractivity contribution in [2.75, 3.05) is 26.2 Å². The summed E-state index contributed by atoms with van der Waals surface area (Å²) in [7, 11) is 0. The lowest BCUT2D eigenvalue weighted by Gasteiger charge is -2.34. The first-order valence-corrected chi connectivity index (χ1v) is 8.65. The Bertz CT molecular complexity index is 387. The van der Waals surface area contributed by atoms with E-state index in [2.05, 4.69) is 41.2 Å². The van der Waals surface area contributed by atoms with Gasteiger partial charge in [0, 0.05) is 30.1 Å². The average Bonchev–Trinajstić information content (AvgIpc) is 2.99. The molecule has 19 heavy (non-hydrogen) atoms. The zero-order valence-electron chi connectivity index (χ0n) is 12.2. The summed E-state index contributed by atoms with van der Waals surface area (Å²) in [6.07, 6.45) is 4.15. The van der Waals surface area contributed by atoms with Gasteiger partial charge in [-0.15, -0.1) is 11.3 Å². The average molecular weight is 278 g/mol. The lowest BCUT2D eigenvalue weighted by molar-refractivity contribution is 0.142.